The highest BCUT2D eigenvalue weighted by atomic mass is 32.2. The summed E-state index contributed by atoms with van der Waals surface area (Å²) < 4.78 is 65.4. The SMILES string of the molecule is CN(c1ccc(C(=O)NN=Cc2ccccc2C(F)(F)F)cc1)S(=O)(=O)c1ccccc1. The van der Waals surface area contributed by atoms with Crippen molar-refractivity contribution in [1.29, 1.82) is 0 Å². The predicted molar refractivity (Wildman–Crippen MR) is 115 cm³/mol. The van der Waals surface area contributed by atoms with Gasteiger partial charge < -0.3 is 0 Å². The first-order chi connectivity index (χ1) is 15.1. The molecule has 32 heavy (non-hydrogen) atoms. The first-order valence-corrected chi connectivity index (χ1v) is 10.7. The molecule has 0 atom stereocenters. The maximum Gasteiger partial charge on any atom is 0.417 e. The lowest BCUT2D eigenvalue weighted by atomic mass is 10.1. The quantitative estimate of drug-likeness (QED) is 0.439. The summed E-state index contributed by atoms with van der Waals surface area (Å²) in [5.74, 6) is -0.661. The standard InChI is InChI=1S/C22H18F3N3O3S/c1-28(32(30,31)19-8-3-2-4-9-19)18-13-11-16(12-14-18)21(29)27-26-15-17-7-5-6-10-20(17)22(23,24)25/h2-15H,1H3,(H,27,29). The summed E-state index contributed by atoms with van der Waals surface area (Å²) >= 11 is 0. The number of rotatable bonds is 6. The van der Waals surface area contributed by atoms with Gasteiger partial charge in [-0.25, -0.2) is 13.8 Å². The fourth-order valence-corrected chi connectivity index (χ4v) is 4.02. The third kappa shape index (κ3) is 5.14. The van der Waals surface area contributed by atoms with Crippen molar-refractivity contribution in [2.45, 2.75) is 11.1 Å². The second-order valence-electron chi connectivity index (χ2n) is 6.62. The van der Waals surface area contributed by atoms with Crippen molar-refractivity contribution >= 4 is 27.8 Å². The number of carbonyl (C=O) groups excluding carboxylic acids is 1. The number of alkyl halides is 3. The van der Waals surface area contributed by atoms with E-state index >= 15 is 0 Å². The number of sulfonamides is 1. The van der Waals surface area contributed by atoms with E-state index in [4.69, 9.17) is 0 Å². The van der Waals surface area contributed by atoms with Crippen LogP contribution in [0.15, 0.2) is 88.9 Å². The van der Waals surface area contributed by atoms with Crippen molar-refractivity contribution in [2.75, 3.05) is 11.4 Å². The van der Waals surface area contributed by atoms with Gasteiger partial charge in [0.05, 0.1) is 22.4 Å². The van der Waals surface area contributed by atoms with Crippen molar-refractivity contribution in [3.05, 3.63) is 95.6 Å². The average Bonchev–Trinajstić information content (AvgIpc) is 2.79. The zero-order valence-electron chi connectivity index (χ0n) is 16.7. The highest BCUT2D eigenvalue weighted by Crippen LogP contribution is 2.31. The Morgan fingerprint density at radius 3 is 2.16 bits per heavy atom. The Labute approximate surface area is 183 Å². The second-order valence-corrected chi connectivity index (χ2v) is 8.59. The highest BCUT2D eigenvalue weighted by molar-refractivity contribution is 7.92. The van der Waals surface area contributed by atoms with Gasteiger partial charge in [-0.1, -0.05) is 36.4 Å². The predicted octanol–water partition coefficient (Wildman–Crippen LogP) is 4.29. The van der Waals surface area contributed by atoms with E-state index in [0.29, 0.717) is 5.69 Å². The smallest absolute Gasteiger partial charge is 0.269 e. The number of hydrogen-bond donors (Lipinski definition) is 1. The molecule has 0 spiro atoms. The molecular formula is C22H18F3N3O3S. The van der Waals surface area contributed by atoms with Crippen LogP contribution in [0.2, 0.25) is 0 Å². The number of hydrogen-bond acceptors (Lipinski definition) is 4. The molecule has 0 aliphatic carbocycles. The van der Waals surface area contributed by atoms with E-state index in [9.17, 15) is 26.4 Å². The molecule has 3 rings (SSSR count). The first-order valence-electron chi connectivity index (χ1n) is 9.24. The normalized spacial score (nSPS) is 12.0. The summed E-state index contributed by atoms with van der Waals surface area (Å²) in [5.41, 5.74) is 1.58. The summed E-state index contributed by atoms with van der Waals surface area (Å²) in [6.45, 7) is 0. The zero-order valence-corrected chi connectivity index (χ0v) is 17.6. The topological polar surface area (TPSA) is 78.8 Å². The van der Waals surface area contributed by atoms with Crippen LogP contribution in [0.1, 0.15) is 21.5 Å². The minimum atomic E-state index is -4.55. The molecule has 1 N–H and O–H groups in total. The Morgan fingerprint density at radius 2 is 1.53 bits per heavy atom. The van der Waals surface area contributed by atoms with E-state index in [2.05, 4.69) is 10.5 Å². The summed E-state index contributed by atoms with van der Waals surface area (Å²) in [4.78, 5) is 12.4. The van der Waals surface area contributed by atoms with Crippen LogP contribution in [-0.4, -0.2) is 27.6 Å². The molecule has 3 aromatic carbocycles. The van der Waals surface area contributed by atoms with Crippen LogP contribution in [0.4, 0.5) is 18.9 Å². The third-order valence-corrected chi connectivity index (χ3v) is 6.33. The van der Waals surface area contributed by atoms with E-state index in [0.717, 1.165) is 16.6 Å². The van der Waals surface area contributed by atoms with Crippen molar-refractivity contribution in [1.82, 2.24) is 5.43 Å². The molecule has 3 aromatic rings. The summed E-state index contributed by atoms with van der Waals surface area (Å²) in [5, 5.41) is 3.60. The van der Waals surface area contributed by atoms with Crippen LogP contribution in [0.25, 0.3) is 0 Å². The van der Waals surface area contributed by atoms with Gasteiger partial charge in [0.25, 0.3) is 15.9 Å². The van der Waals surface area contributed by atoms with Gasteiger partial charge in [0.15, 0.2) is 0 Å². The molecule has 0 unspecified atom stereocenters. The maximum atomic E-state index is 13.0. The third-order valence-electron chi connectivity index (χ3n) is 4.53. The Hall–Kier alpha value is -3.66. The molecule has 0 bridgehead atoms. The fraction of sp³-hybridized carbons (Fsp3) is 0.0909. The molecule has 6 nitrogen and oxygen atoms in total. The van der Waals surface area contributed by atoms with E-state index in [1.165, 1.54) is 61.6 Å². The molecule has 1 amide bonds. The molecule has 10 heteroatoms. The number of halogens is 3. The minimum Gasteiger partial charge on any atom is -0.269 e. The molecule has 0 radical (unpaired) electrons. The minimum absolute atomic E-state index is 0.123. The van der Waals surface area contributed by atoms with Crippen LogP contribution < -0.4 is 9.73 Å². The van der Waals surface area contributed by atoms with Crippen LogP contribution in [0.3, 0.4) is 0 Å². The molecule has 0 saturated carbocycles. The molecule has 0 saturated heterocycles. The van der Waals surface area contributed by atoms with Gasteiger partial charge >= 0.3 is 6.18 Å². The molecule has 0 aliphatic heterocycles. The Morgan fingerprint density at radius 1 is 0.938 bits per heavy atom. The van der Waals surface area contributed by atoms with Crippen LogP contribution in [0, 0.1) is 0 Å². The average molecular weight is 461 g/mol. The van der Waals surface area contributed by atoms with Gasteiger partial charge in [0, 0.05) is 18.2 Å². The Bertz CT molecular complexity index is 1230. The number of hydrazone groups is 1. The summed E-state index contributed by atoms with van der Waals surface area (Å²) in [6, 6.07) is 18.4. The number of nitrogens with zero attached hydrogens (tertiary/aromatic N) is 2. The van der Waals surface area contributed by atoms with Gasteiger partial charge in [-0.2, -0.15) is 18.3 Å². The lowest BCUT2D eigenvalue weighted by Crippen LogP contribution is -2.26. The van der Waals surface area contributed by atoms with Crippen molar-refractivity contribution in [3.8, 4) is 0 Å². The van der Waals surface area contributed by atoms with E-state index < -0.39 is 27.7 Å². The summed E-state index contributed by atoms with van der Waals surface area (Å²) in [7, 11) is -2.38. The highest BCUT2D eigenvalue weighted by Gasteiger charge is 2.32. The Balaban J connectivity index is 1.71. The van der Waals surface area contributed by atoms with Gasteiger partial charge in [-0.15, -0.1) is 0 Å². The molecule has 166 valence electrons. The first kappa shape index (κ1) is 23.0. The monoisotopic (exact) mass is 461 g/mol. The lowest BCUT2D eigenvalue weighted by Gasteiger charge is -2.19. The number of benzene rings is 3. The Kier molecular flexibility index (Phi) is 6.64. The fourth-order valence-electron chi connectivity index (χ4n) is 2.80. The number of carbonyl (C=O) groups is 1. The molecule has 0 heterocycles. The van der Waals surface area contributed by atoms with Gasteiger partial charge in [0.1, 0.15) is 0 Å². The number of nitrogens with one attached hydrogen (secondary N) is 1. The van der Waals surface area contributed by atoms with Crippen molar-refractivity contribution in [2.24, 2.45) is 5.10 Å². The van der Waals surface area contributed by atoms with E-state index in [1.807, 2.05) is 0 Å². The van der Waals surface area contributed by atoms with Crippen LogP contribution in [-0.2, 0) is 16.2 Å². The van der Waals surface area contributed by atoms with Gasteiger partial charge in [0.2, 0.25) is 0 Å². The van der Waals surface area contributed by atoms with Crippen LogP contribution >= 0.6 is 0 Å². The lowest BCUT2D eigenvalue weighted by molar-refractivity contribution is -0.137. The summed E-state index contributed by atoms with van der Waals surface area (Å²) in [6.07, 6.45) is -3.64. The van der Waals surface area contributed by atoms with Gasteiger partial charge in [-0.05, 0) is 42.5 Å². The molecular weight excluding hydrogens is 443 g/mol. The van der Waals surface area contributed by atoms with Crippen molar-refractivity contribution < 1.29 is 26.4 Å². The second kappa shape index (κ2) is 9.23. The van der Waals surface area contributed by atoms with Crippen molar-refractivity contribution in [3.63, 3.8) is 0 Å². The molecule has 0 aromatic heterocycles. The number of anilines is 1. The largest absolute Gasteiger partial charge is 0.417 e. The number of amides is 1. The van der Waals surface area contributed by atoms with Gasteiger partial charge in [-0.3, -0.25) is 9.10 Å². The molecule has 0 aliphatic rings. The molecule has 0 fully saturated rings. The van der Waals surface area contributed by atoms with E-state index in [1.54, 1.807) is 18.2 Å². The maximum absolute atomic E-state index is 13.0. The zero-order chi connectivity index (χ0) is 23.4. The van der Waals surface area contributed by atoms with E-state index in [-0.39, 0.29) is 16.0 Å². The van der Waals surface area contributed by atoms with Crippen LogP contribution in [0.5, 0.6) is 0 Å².